The van der Waals surface area contributed by atoms with E-state index in [1.165, 1.54) is 44.2 Å². The summed E-state index contributed by atoms with van der Waals surface area (Å²) in [6.45, 7) is 2.14. The van der Waals surface area contributed by atoms with Gasteiger partial charge in [-0.05, 0) is 38.5 Å². The monoisotopic (exact) mass is 1300 g/mol. The van der Waals surface area contributed by atoms with Gasteiger partial charge in [0.2, 0.25) is 18.9 Å². The SMILES string of the molecule is C/C=C1\[C@H](O[C@@H]2O[C@H](CO)[C@@H](O)[C@H](O)[C@H]2O)OC=C(C(=O)OC)[C@H]1CC(=O)OC[C@H]1O[C@@H](O[C@@H]2OC=C(C(=O)OC)[C@@H](CC(=O)OCCc3ccc(OC(=O)C[C@@H]4C(C(=O)OC)=CO[C@@H](O[C@@H]5O[C@H](CO)[C@@H](O)[C@H](O)[C@H]5O)/C4=C\C)cc3)/C2=C/C)[C@H](O)[C@@H](O)[C@@H]1O. The fourth-order valence-corrected chi connectivity index (χ4v) is 10.7. The van der Waals surface area contributed by atoms with Crippen LogP contribution >= 0.6 is 0 Å². The average Bonchev–Trinajstić information content (AvgIpc) is 1.13. The van der Waals surface area contributed by atoms with E-state index in [1.807, 2.05) is 0 Å². The second-order valence-corrected chi connectivity index (χ2v) is 21.3. The molecule has 32 nitrogen and oxygen atoms in total. The van der Waals surface area contributed by atoms with E-state index < -0.39 is 204 Å². The Morgan fingerprint density at radius 3 is 1.14 bits per heavy atom. The summed E-state index contributed by atoms with van der Waals surface area (Å²) in [7, 11) is 3.29. The van der Waals surface area contributed by atoms with Crippen LogP contribution in [0.25, 0.3) is 0 Å². The van der Waals surface area contributed by atoms with Crippen LogP contribution in [0.3, 0.4) is 0 Å². The third-order valence-corrected chi connectivity index (χ3v) is 15.8. The predicted molar refractivity (Wildman–Crippen MR) is 296 cm³/mol. The third-order valence-electron chi connectivity index (χ3n) is 15.8. The Kier molecular flexibility index (Phi) is 25.7. The van der Waals surface area contributed by atoms with Crippen LogP contribution in [-0.2, 0) is 102 Å². The lowest BCUT2D eigenvalue weighted by atomic mass is 9.86. The number of carbonyl (C=O) groups is 6. The quantitative estimate of drug-likeness (QED) is 0.0222. The van der Waals surface area contributed by atoms with Gasteiger partial charge in [-0.2, -0.15) is 0 Å². The number of aliphatic hydroxyl groups is 11. The van der Waals surface area contributed by atoms with Gasteiger partial charge in [0.1, 0.15) is 85.6 Å². The van der Waals surface area contributed by atoms with E-state index >= 15 is 0 Å². The first-order valence-electron chi connectivity index (χ1n) is 28.7. The highest BCUT2D eigenvalue weighted by molar-refractivity contribution is 5.92. The predicted octanol–water partition coefficient (Wildman–Crippen LogP) is -3.22. The van der Waals surface area contributed by atoms with Crippen molar-refractivity contribution >= 4 is 35.8 Å². The summed E-state index contributed by atoms with van der Waals surface area (Å²) in [4.78, 5) is 79.4. The topological polar surface area (TPSA) is 463 Å². The highest BCUT2D eigenvalue weighted by Gasteiger charge is 2.51. The molecule has 32 heteroatoms. The molecular weight excluding hydrogens is 1220 g/mol. The minimum Gasteiger partial charge on any atom is -0.468 e. The Hall–Kier alpha value is -6.80. The fourth-order valence-electron chi connectivity index (χ4n) is 10.7. The molecule has 0 aromatic heterocycles. The molecule has 1 aromatic rings. The Balaban J connectivity index is 0.931. The molecule has 504 valence electrons. The van der Waals surface area contributed by atoms with Gasteiger partial charge >= 0.3 is 35.8 Å². The number of ether oxygens (including phenoxy) is 15. The number of hydrogen-bond acceptors (Lipinski definition) is 32. The van der Waals surface area contributed by atoms with Crippen LogP contribution in [-0.4, -0.2) is 251 Å². The molecule has 0 saturated carbocycles. The summed E-state index contributed by atoms with van der Waals surface area (Å²) < 4.78 is 82.6. The number of benzene rings is 1. The molecule has 0 spiro atoms. The largest absolute Gasteiger partial charge is 0.468 e. The molecule has 11 N–H and O–H groups in total. The zero-order valence-electron chi connectivity index (χ0n) is 50.0. The number of aliphatic hydroxyl groups excluding tert-OH is 11. The first-order chi connectivity index (χ1) is 43.5. The Bertz CT molecular complexity index is 2900. The Labute approximate surface area is 519 Å². The van der Waals surface area contributed by atoms with Crippen molar-refractivity contribution in [3.05, 3.63) is 100 Å². The van der Waals surface area contributed by atoms with Gasteiger partial charge in [-0.25, -0.2) is 14.4 Å². The van der Waals surface area contributed by atoms with Crippen molar-refractivity contribution in [1.29, 1.82) is 0 Å². The lowest BCUT2D eigenvalue weighted by Gasteiger charge is -2.42. The van der Waals surface area contributed by atoms with Crippen molar-refractivity contribution in [1.82, 2.24) is 0 Å². The van der Waals surface area contributed by atoms with Crippen LogP contribution in [0.5, 0.6) is 5.75 Å². The van der Waals surface area contributed by atoms with E-state index in [2.05, 4.69) is 0 Å². The number of hydrogen-bond donors (Lipinski definition) is 11. The number of rotatable bonds is 23. The zero-order valence-corrected chi connectivity index (χ0v) is 50.0. The summed E-state index contributed by atoms with van der Waals surface area (Å²) in [6.07, 6.45) is -24.3. The van der Waals surface area contributed by atoms with Crippen molar-refractivity contribution in [2.24, 2.45) is 17.8 Å². The second kappa shape index (κ2) is 32.7. The van der Waals surface area contributed by atoms with Crippen molar-refractivity contribution in [2.45, 2.75) is 157 Å². The van der Waals surface area contributed by atoms with Crippen LogP contribution in [0.15, 0.2) is 94.7 Å². The number of carbonyl (C=O) groups excluding carboxylic acids is 6. The summed E-state index contributed by atoms with van der Waals surface area (Å²) in [6, 6.07) is 6.12. The Morgan fingerprint density at radius 1 is 0.451 bits per heavy atom. The van der Waals surface area contributed by atoms with Gasteiger partial charge in [-0.15, -0.1) is 0 Å². The maximum Gasteiger partial charge on any atom is 0.337 e. The maximum absolute atomic E-state index is 13.6. The summed E-state index contributed by atoms with van der Waals surface area (Å²) in [5, 5.41) is 115. The highest BCUT2D eigenvalue weighted by atomic mass is 16.8. The molecule has 1 aromatic carbocycles. The molecular formula is C59H76O32. The normalized spacial score (nSPS) is 35.5. The molecule has 6 aliphatic rings. The van der Waals surface area contributed by atoms with E-state index in [0.29, 0.717) is 5.56 Å². The lowest BCUT2D eigenvalue weighted by molar-refractivity contribution is -0.328. The van der Waals surface area contributed by atoms with E-state index in [0.717, 1.165) is 40.1 Å². The van der Waals surface area contributed by atoms with Crippen molar-refractivity contribution in [3.8, 4) is 5.75 Å². The smallest absolute Gasteiger partial charge is 0.337 e. The minimum absolute atomic E-state index is 0.0851. The Morgan fingerprint density at radius 2 is 0.791 bits per heavy atom. The number of methoxy groups -OCH3 is 3. The van der Waals surface area contributed by atoms with Gasteiger partial charge in [0.15, 0.2) is 18.9 Å². The molecule has 0 radical (unpaired) electrons. The van der Waals surface area contributed by atoms with Gasteiger partial charge < -0.3 is 127 Å². The fraction of sp³-hybridized carbons (Fsp3) is 0.593. The van der Waals surface area contributed by atoms with E-state index in [-0.39, 0.29) is 52.2 Å². The number of allylic oxidation sites excluding steroid dienone is 3. The van der Waals surface area contributed by atoms with Crippen molar-refractivity contribution in [3.63, 3.8) is 0 Å². The molecule has 0 aliphatic carbocycles. The van der Waals surface area contributed by atoms with Gasteiger partial charge in [-0.1, -0.05) is 30.4 Å². The molecule has 0 bridgehead atoms. The van der Waals surface area contributed by atoms with Crippen LogP contribution in [0.4, 0.5) is 0 Å². The standard InChI is InChI=1S/C59H76O32/c1-7-27-30(16-39(62)80-15-14-25-10-12-26(13-11-25)85-41(64)18-32-29(9-3)56(84-23-35(32)53(76)79-6)90-58-49(72)46(69)43(66)37(20-61)87-58)33(51(74)77-4)21-83-55(27)91-59-50(73)47(70)44(67)38(88-59)24-81-40(63)17-31-28(8-2)54(82-22-34(31)52(75)78-5)89-57-48(71)45(68)42(65)36(19-60)86-57/h7-13,21-23,30-32,36-38,42-50,54-61,65-73H,14-20,24H2,1-6H3/b27-7-,28-8-,29-9-/t30-,31-,32-,36+,37+,38+,42+,43+,44+,45-,46-,47-,48+,49+,50+,54-,55-,56-,57-,58-,59-/m0/s1. The van der Waals surface area contributed by atoms with Crippen LogP contribution in [0.1, 0.15) is 45.6 Å². The summed E-state index contributed by atoms with van der Waals surface area (Å²) in [5.74, 6) is -8.58. The number of esters is 6. The first kappa shape index (κ1) is 71.6. The summed E-state index contributed by atoms with van der Waals surface area (Å²) in [5.41, 5.74) is 0.644. The molecule has 3 fully saturated rings. The molecule has 6 aliphatic heterocycles. The molecule has 7 rings (SSSR count). The molecule has 3 saturated heterocycles. The van der Waals surface area contributed by atoms with Crippen LogP contribution in [0, 0.1) is 17.8 Å². The molecule has 0 unspecified atom stereocenters. The van der Waals surface area contributed by atoms with Gasteiger partial charge in [0.25, 0.3) is 0 Å². The van der Waals surface area contributed by atoms with Crippen molar-refractivity contribution in [2.75, 3.05) is 47.8 Å². The lowest BCUT2D eigenvalue weighted by Crippen LogP contribution is -2.60. The molecule has 91 heavy (non-hydrogen) atoms. The third kappa shape index (κ3) is 16.7. The van der Waals surface area contributed by atoms with E-state index in [1.54, 1.807) is 19.1 Å². The molecule has 0 amide bonds. The van der Waals surface area contributed by atoms with Gasteiger partial charge in [0, 0.05) is 40.9 Å². The maximum atomic E-state index is 13.6. The molecule has 21 atom stereocenters. The van der Waals surface area contributed by atoms with E-state index in [9.17, 15) is 84.9 Å². The first-order valence-corrected chi connectivity index (χ1v) is 28.7. The van der Waals surface area contributed by atoms with Crippen LogP contribution in [0.2, 0.25) is 0 Å². The van der Waals surface area contributed by atoms with Gasteiger partial charge in [0.05, 0.1) is 95.9 Å². The average molecular weight is 1300 g/mol. The zero-order chi connectivity index (χ0) is 66.5. The summed E-state index contributed by atoms with van der Waals surface area (Å²) >= 11 is 0. The molecule has 6 heterocycles. The van der Waals surface area contributed by atoms with Crippen LogP contribution < -0.4 is 4.74 Å². The van der Waals surface area contributed by atoms with E-state index in [4.69, 9.17) is 71.1 Å². The minimum atomic E-state index is -1.98. The second-order valence-electron chi connectivity index (χ2n) is 21.3. The highest BCUT2D eigenvalue weighted by Crippen LogP contribution is 2.40. The van der Waals surface area contributed by atoms with Crippen molar-refractivity contribution < 1.29 is 156 Å². The van der Waals surface area contributed by atoms with Gasteiger partial charge in [-0.3, -0.25) is 14.4 Å².